The molecule has 1 unspecified atom stereocenters. The van der Waals surface area contributed by atoms with E-state index < -0.39 is 12.0 Å². The fourth-order valence-electron chi connectivity index (χ4n) is 1.50. The number of hydrogen-bond acceptors (Lipinski definition) is 3. The van der Waals surface area contributed by atoms with Gasteiger partial charge < -0.3 is 15.7 Å². The van der Waals surface area contributed by atoms with E-state index in [0.717, 1.165) is 19.4 Å². The summed E-state index contributed by atoms with van der Waals surface area (Å²) in [6.07, 6.45) is 6.70. The smallest absolute Gasteiger partial charge is 0.327 e. The second-order valence-corrected chi connectivity index (χ2v) is 3.46. The van der Waals surface area contributed by atoms with E-state index in [0.29, 0.717) is 0 Å². The van der Waals surface area contributed by atoms with Crippen LogP contribution in [0.1, 0.15) is 19.3 Å². The van der Waals surface area contributed by atoms with Gasteiger partial charge in [0.05, 0.1) is 6.04 Å². The highest BCUT2D eigenvalue weighted by atomic mass is 16.4. The quantitative estimate of drug-likeness (QED) is 0.538. The number of rotatable bonds is 4. The first-order chi connectivity index (χ1) is 7.15. The van der Waals surface area contributed by atoms with Crippen LogP contribution in [0.2, 0.25) is 0 Å². The number of carboxylic acid groups (broad SMARTS) is 1. The standard InChI is InChI=1S/C10H14N2O3/c1-2-4-8(10(14)15)12-9(13)7-5-3-6-11-7/h1,7-8,11H,3-6H2,(H,12,13)(H,14,15)/t7-,8?/m0/s1. The summed E-state index contributed by atoms with van der Waals surface area (Å²) in [7, 11) is 0. The first-order valence-corrected chi connectivity index (χ1v) is 4.85. The molecule has 0 saturated carbocycles. The molecule has 1 fully saturated rings. The van der Waals surface area contributed by atoms with Crippen molar-refractivity contribution in [3.8, 4) is 12.3 Å². The zero-order chi connectivity index (χ0) is 11.3. The van der Waals surface area contributed by atoms with Crippen LogP contribution in [-0.4, -0.2) is 35.6 Å². The molecule has 0 aromatic heterocycles. The maximum Gasteiger partial charge on any atom is 0.327 e. The molecule has 1 aliphatic rings. The highest BCUT2D eigenvalue weighted by Crippen LogP contribution is 2.05. The molecule has 0 aromatic rings. The number of aliphatic carboxylic acids is 1. The van der Waals surface area contributed by atoms with Gasteiger partial charge in [-0.15, -0.1) is 12.3 Å². The fourth-order valence-corrected chi connectivity index (χ4v) is 1.50. The Morgan fingerprint density at radius 3 is 2.87 bits per heavy atom. The Kier molecular flexibility index (Phi) is 4.13. The van der Waals surface area contributed by atoms with Gasteiger partial charge in [-0.2, -0.15) is 0 Å². The molecule has 3 N–H and O–H groups in total. The SMILES string of the molecule is C#CCC(NC(=O)[C@@H]1CCCN1)C(=O)O. The van der Waals surface area contributed by atoms with Gasteiger partial charge in [0.15, 0.2) is 0 Å². The van der Waals surface area contributed by atoms with Crippen molar-refractivity contribution in [2.75, 3.05) is 6.54 Å². The summed E-state index contributed by atoms with van der Waals surface area (Å²) in [5, 5.41) is 14.2. The topological polar surface area (TPSA) is 78.4 Å². The number of carboxylic acids is 1. The maximum atomic E-state index is 11.5. The van der Waals surface area contributed by atoms with Crippen molar-refractivity contribution in [2.45, 2.75) is 31.3 Å². The Labute approximate surface area is 88.2 Å². The largest absolute Gasteiger partial charge is 0.480 e. The van der Waals surface area contributed by atoms with Crippen LogP contribution in [0.3, 0.4) is 0 Å². The summed E-state index contributed by atoms with van der Waals surface area (Å²) >= 11 is 0. The Balaban J connectivity index is 2.46. The molecule has 0 aromatic carbocycles. The highest BCUT2D eigenvalue weighted by molar-refractivity contribution is 5.87. The summed E-state index contributed by atoms with van der Waals surface area (Å²) in [5.41, 5.74) is 0. The van der Waals surface area contributed by atoms with Gasteiger partial charge in [0, 0.05) is 6.42 Å². The third-order valence-corrected chi connectivity index (χ3v) is 2.31. The van der Waals surface area contributed by atoms with Gasteiger partial charge in [0.1, 0.15) is 6.04 Å². The predicted octanol–water partition coefficient (Wildman–Crippen LogP) is -0.669. The van der Waals surface area contributed by atoms with Crippen molar-refractivity contribution in [2.24, 2.45) is 0 Å². The van der Waals surface area contributed by atoms with Crippen LogP contribution in [0.15, 0.2) is 0 Å². The van der Waals surface area contributed by atoms with E-state index in [2.05, 4.69) is 16.6 Å². The zero-order valence-electron chi connectivity index (χ0n) is 8.32. The average Bonchev–Trinajstić information content (AvgIpc) is 2.69. The number of carbonyl (C=O) groups excluding carboxylic acids is 1. The minimum absolute atomic E-state index is 0.00773. The van der Waals surface area contributed by atoms with Gasteiger partial charge in [-0.05, 0) is 19.4 Å². The molecule has 0 spiro atoms. The van der Waals surface area contributed by atoms with Crippen LogP contribution in [0, 0.1) is 12.3 Å². The number of terminal acetylenes is 1. The lowest BCUT2D eigenvalue weighted by Crippen LogP contribution is -2.48. The van der Waals surface area contributed by atoms with E-state index in [9.17, 15) is 9.59 Å². The van der Waals surface area contributed by atoms with Crippen LogP contribution < -0.4 is 10.6 Å². The van der Waals surface area contributed by atoms with Gasteiger partial charge in [0.2, 0.25) is 5.91 Å². The lowest BCUT2D eigenvalue weighted by molar-refractivity contribution is -0.141. The second kappa shape index (κ2) is 5.37. The molecule has 1 rings (SSSR count). The molecular formula is C10H14N2O3. The van der Waals surface area contributed by atoms with Crippen LogP contribution in [-0.2, 0) is 9.59 Å². The van der Waals surface area contributed by atoms with E-state index in [-0.39, 0.29) is 18.4 Å². The Morgan fingerprint density at radius 1 is 1.67 bits per heavy atom. The highest BCUT2D eigenvalue weighted by Gasteiger charge is 2.26. The summed E-state index contributed by atoms with van der Waals surface area (Å²) in [5.74, 6) is 0.849. The van der Waals surface area contributed by atoms with Gasteiger partial charge in [-0.25, -0.2) is 4.79 Å². The second-order valence-electron chi connectivity index (χ2n) is 3.46. The van der Waals surface area contributed by atoms with Crippen molar-refractivity contribution in [1.29, 1.82) is 0 Å². The maximum absolute atomic E-state index is 11.5. The van der Waals surface area contributed by atoms with Crippen molar-refractivity contribution in [3.63, 3.8) is 0 Å². The molecule has 0 aliphatic carbocycles. The van der Waals surface area contributed by atoms with E-state index in [4.69, 9.17) is 11.5 Å². The van der Waals surface area contributed by atoms with E-state index in [1.54, 1.807) is 0 Å². The molecule has 1 heterocycles. The van der Waals surface area contributed by atoms with Crippen LogP contribution in [0.4, 0.5) is 0 Å². The van der Waals surface area contributed by atoms with Crippen molar-refractivity contribution < 1.29 is 14.7 Å². The number of carbonyl (C=O) groups is 2. The molecule has 1 aliphatic heterocycles. The number of nitrogens with one attached hydrogen (secondary N) is 2. The van der Waals surface area contributed by atoms with E-state index >= 15 is 0 Å². The monoisotopic (exact) mass is 210 g/mol. The molecule has 15 heavy (non-hydrogen) atoms. The molecule has 1 amide bonds. The summed E-state index contributed by atoms with van der Waals surface area (Å²) in [6, 6.07) is -1.26. The van der Waals surface area contributed by atoms with Gasteiger partial charge in [-0.1, -0.05) is 0 Å². The van der Waals surface area contributed by atoms with Gasteiger partial charge >= 0.3 is 5.97 Å². The van der Waals surface area contributed by atoms with Crippen molar-refractivity contribution in [1.82, 2.24) is 10.6 Å². The Hall–Kier alpha value is -1.54. The molecule has 1 saturated heterocycles. The van der Waals surface area contributed by atoms with Crippen molar-refractivity contribution >= 4 is 11.9 Å². The van der Waals surface area contributed by atoms with Crippen LogP contribution in [0.5, 0.6) is 0 Å². The molecule has 5 nitrogen and oxygen atoms in total. The summed E-state index contributed by atoms with van der Waals surface area (Å²) < 4.78 is 0. The molecule has 5 heteroatoms. The van der Waals surface area contributed by atoms with Crippen LogP contribution >= 0.6 is 0 Å². The molecular weight excluding hydrogens is 196 g/mol. The van der Waals surface area contributed by atoms with Crippen molar-refractivity contribution in [3.05, 3.63) is 0 Å². The van der Waals surface area contributed by atoms with Crippen LogP contribution in [0.25, 0.3) is 0 Å². The molecule has 82 valence electrons. The number of hydrogen-bond donors (Lipinski definition) is 3. The minimum atomic E-state index is -1.10. The average molecular weight is 210 g/mol. The van der Waals surface area contributed by atoms with E-state index in [1.165, 1.54) is 0 Å². The minimum Gasteiger partial charge on any atom is -0.480 e. The third-order valence-electron chi connectivity index (χ3n) is 2.31. The Morgan fingerprint density at radius 2 is 2.40 bits per heavy atom. The normalized spacial score (nSPS) is 21.7. The lowest BCUT2D eigenvalue weighted by atomic mass is 10.1. The lowest BCUT2D eigenvalue weighted by Gasteiger charge is -2.15. The molecule has 2 atom stereocenters. The van der Waals surface area contributed by atoms with E-state index in [1.807, 2.05) is 0 Å². The fraction of sp³-hybridized carbons (Fsp3) is 0.600. The molecule has 0 bridgehead atoms. The number of amides is 1. The first-order valence-electron chi connectivity index (χ1n) is 4.85. The predicted molar refractivity (Wildman–Crippen MR) is 54.0 cm³/mol. The molecule has 0 radical (unpaired) electrons. The Bertz CT molecular complexity index is 290. The first kappa shape index (κ1) is 11.5. The van der Waals surface area contributed by atoms with Gasteiger partial charge in [-0.3, -0.25) is 4.79 Å². The third kappa shape index (κ3) is 3.26. The summed E-state index contributed by atoms with van der Waals surface area (Å²) in [4.78, 5) is 22.2. The zero-order valence-corrected chi connectivity index (χ0v) is 8.32. The van der Waals surface area contributed by atoms with Gasteiger partial charge in [0.25, 0.3) is 0 Å². The summed E-state index contributed by atoms with van der Waals surface area (Å²) in [6.45, 7) is 0.797.